The first-order chi connectivity index (χ1) is 10.2. The highest BCUT2D eigenvalue weighted by atomic mass is 16.5. The van der Waals surface area contributed by atoms with E-state index in [1.807, 2.05) is 18.2 Å². The third-order valence-corrected chi connectivity index (χ3v) is 4.49. The van der Waals surface area contributed by atoms with Gasteiger partial charge in [-0.15, -0.1) is 0 Å². The Morgan fingerprint density at radius 1 is 1.24 bits per heavy atom. The molecule has 1 aromatic carbocycles. The molecule has 0 heterocycles. The highest BCUT2D eigenvalue weighted by Gasteiger charge is 2.17. The lowest BCUT2D eigenvalue weighted by molar-refractivity contribution is 0.282. The fraction of sp³-hybridized carbons (Fsp3) is 0.667. The molecular weight excluding hydrogens is 260 g/mol. The molecule has 1 aromatic rings. The van der Waals surface area contributed by atoms with Gasteiger partial charge in [-0.1, -0.05) is 39.5 Å². The van der Waals surface area contributed by atoms with E-state index in [4.69, 9.17) is 10.5 Å². The predicted octanol–water partition coefficient (Wildman–Crippen LogP) is 4.69. The van der Waals surface area contributed by atoms with Crippen LogP contribution in [0.1, 0.15) is 52.4 Å². The third kappa shape index (κ3) is 5.14. The molecule has 3 heteroatoms. The minimum absolute atomic E-state index is 0.716. The van der Waals surface area contributed by atoms with Gasteiger partial charge >= 0.3 is 0 Å². The van der Waals surface area contributed by atoms with Crippen molar-refractivity contribution in [2.45, 2.75) is 52.4 Å². The molecule has 0 bridgehead atoms. The summed E-state index contributed by atoms with van der Waals surface area (Å²) in [4.78, 5) is 0. The number of hydrogen-bond donors (Lipinski definition) is 2. The number of rotatable bonds is 7. The highest BCUT2D eigenvalue weighted by molar-refractivity contribution is 5.61. The molecule has 1 aliphatic rings. The summed E-state index contributed by atoms with van der Waals surface area (Å²) in [7, 11) is 0. The van der Waals surface area contributed by atoms with Crippen molar-refractivity contribution in [2.24, 2.45) is 11.8 Å². The molecule has 1 saturated carbocycles. The van der Waals surface area contributed by atoms with Crippen molar-refractivity contribution in [3.8, 4) is 5.75 Å². The summed E-state index contributed by atoms with van der Waals surface area (Å²) in [5.74, 6) is 2.64. The molecule has 3 N–H and O–H groups in total. The number of benzene rings is 1. The lowest BCUT2D eigenvalue weighted by atomic mass is 9.81. The minimum Gasteiger partial charge on any atom is -0.491 e. The van der Waals surface area contributed by atoms with Crippen LogP contribution in [-0.2, 0) is 0 Å². The van der Waals surface area contributed by atoms with Gasteiger partial charge in [-0.2, -0.15) is 0 Å². The largest absolute Gasteiger partial charge is 0.491 e. The van der Waals surface area contributed by atoms with Crippen LogP contribution in [0.5, 0.6) is 5.75 Å². The third-order valence-electron chi connectivity index (χ3n) is 4.49. The van der Waals surface area contributed by atoms with Gasteiger partial charge in [0.25, 0.3) is 0 Å². The molecule has 0 aromatic heterocycles. The van der Waals surface area contributed by atoms with Crippen LogP contribution in [-0.4, -0.2) is 13.2 Å². The Hall–Kier alpha value is -1.38. The Bertz CT molecular complexity index is 425. The van der Waals surface area contributed by atoms with Crippen LogP contribution in [0.3, 0.4) is 0 Å². The van der Waals surface area contributed by atoms with Gasteiger partial charge in [0, 0.05) is 18.3 Å². The standard InChI is InChI=1S/C18H30N2O/c1-3-12-21-18-13-16(8-9-17(18)19)20-11-10-15-6-4-14(2)5-7-15/h8-9,13-15,20H,3-7,10-12,19H2,1-2H3. The molecule has 0 radical (unpaired) electrons. The van der Waals surface area contributed by atoms with Crippen LogP contribution < -0.4 is 15.8 Å². The van der Waals surface area contributed by atoms with Crippen molar-refractivity contribution in [3.63, 3.8) is 0 Å². The molecule has 0 saturated heterocycles. The van der Waals surface area contributed by atoms with Crippen molar-refractivity contribution >= 4 is 11.4 Å². The van der Waals surface area contributed by atoms with E-state index in [1.54, 1.807) is 0 Å². The van der Waals surface area contributed by atoms with Crippen molar-refractivity contribution in [2.75, 3.05) is 24.2 Å². The van der Waals surface area contributed by atoms with Crippen LogP contribution in [0.25, 0.3) is 0 Å². The van der Waals surface area contributed by atoms with E-state index < -0.39 is 0 Å². The summed E-state index contributed by atoms with van der Waals surface area (Å²) < 4.78 is 5.67. The van der Waals surface area contributed by atoms with Crippen LogP contribution in [0, 0.1) is 11.8 Å². The fourth-order valence-electron chi connectivity index (χ4n) is 3.02. The molecular formula is C18H30N2O. The summed E-state index contributed by atoms with van der Waals surface area (Å²) >= 11 is 0. The van der Waals surface area contributed by atoms with E-state index in [0.717, 1.165) is 41.9 Å². The molecule has 1 fully saturated rings. The molecule has 0 amide bonds. The summed E-state index contributed by atoms with van der Waals surface area (Å²) in [6.07, 6.45) is 7.87. The first kappa shape index (κ1) is 16.0. The van der Waals surface area contributed by atoms with Gasteiger partial charge in [-0.25, -0.2) is 0 Å². The maximum Gasteiger partial charge on any atom is 0.144 e. The second-order valence-electron chi connectivity index (χ2n) is 6.44. The topological polar surface area (TPSA) is 47.3 Å². The van der Waals surface area contributed by atoms with Gasteiger partial charge in [0.1, 0.15) is 5.75 Å². The monoisotopic (exact) mass is 290 g/mol. The van der Waals surface area contributed by atoms with Gasteiger partial charge in [-0.3, -0.25) is 0 Å². The number of ether oxygens (including phenoxy) is 1. The van der Waals surface area contributed by atoms with E-state index in [9.17, 15) is 0 Å². The second kappa shape index (κ2) is 8.16. The van der Waals surface area contributed by atoms with Crippen molar-refractivity contribution in [1.82, 2.24) is 0 Å². The van der Waals surface area contributed by atoms with Crippen molar-refractivity contribution < 1.29 is 4.74 Å². The molecule has 118 valence electrons. The SMILES string of the molecule is CCCOc1cc(NCCC2CCC(C)CC2)ccc1N. The minimum atomic E-state index is 0.716. The Labute approximate surface area is 129 Å². The van der Waals surface area contributed by atoms with Gasteiger partial charge < -0.3 is 15.8 Å². The number of nitrogen functional groups attached to an aromatic ring is 1. The zero-order chi connectivity index (χ0) is 15.1. The Balaban J connectivity index is 1.77. The van der Waals surface area contributed by atoms with E-state index in [1.165, 1.54) is 32.1 Å². The summed E-state index contributed by atoms with van der Waals surface area (Å²) in [5.41, 5.74) is 7.76. The lowest BCUT2D eigenvalue weighted by Gasteiger charge is -2.26. The molecule has 0 unspecified atom stereocenters. The molecule has 0 aliphatic heterocycles. The zero-order valence-corrected chi connectivity index (χ0v) is 13.5. The van der Waals surface area contributed by atoms with Gasteiger partial charge in [0.05, 0.1) is 12.3 Å². The van der Waals surface area contributed by atoms with E-state index in [0.29, 0.717) is 6.61 Å². The van der Waals surface area contributed by atoms with E-state index in [2.05, 4.69) is 19.2 Å². The fourth-order valence-corrected chi connectivity index (χ4v) is 3.02. The Morgan fingerprint density at radius 2 is 2.00 bits per heavy atom. The first-order valence-electron chi connectivity index (χ1n) is 8.45. The number of nitrogens with one attached hydrogen (secondary N) is 1. The Morgan fingerprint density at radius 3 is 2.71 bits per heavy atom. The van der Waals surface area contributed by atoms with Crippen LogP contribution in [0.4, 0.5) is 11.4 Å². The van der Waals surface area contributed by atoms with Gasteiger partial charge in [0.2, 0.25) is 0 Å². The maximum atomic E-state index is 5.94. The normalized spacial score (nSPS) is 22.0. The number of anilines is 2. The summed E-state index contributed by atoms with van der Waals surface area (Å²) in [6.45, 7) is 6.23. The van der Waals surface area contributed by atoms with E-state index in [-0.39, 0.29) is 0 Å². The molecule has 0 atom stereocenters. The number of hydrogen-bond acceptors (Lipinski definition) is 3. The van der Waals surface area contributed by atoms with Gasteiger partial charge in [-0.05, 0) is 36.8 Å². The predicted molar refractivity (Wildman–Crippen MR) is 90.9 cm³/mol. The van der Waals surface area contributed by atoms with Crippen molar-refractivity contribution in [1.29, 1.82) is 0 Å². The van der Waals surface area contributed by atoms with Gasteiger partial charge in [0.15, 0.2) is 0 Å². The smallest absolute Gasteiger partial charge is 0.144 e. The molecule has 21 heavy (non-hydrogen) atoms. The Kier molecular flexibility index (Phi) is 6.21. The molecule has 2 rings (SSSR count). The zero-order valence-electron chi connectivity index (χ0n) is 13.5. The second-order valence-corrected chi connectivity index (χ2v) is 6.44. The van der Waals surface area contributed by atoms with Crippen LogP contribution in [0.2, 0.25) is 0 Å². The van der Waals surface area contributed by atoms with Crippen LogP contribution in [0.15, 0.2) is 18.2 Å². The summed E-state index contributed by atoms with van der Waals surface area (Å²) in [6, 6.07) is 5.99. The maximum absolute atomic E-state index is 5.94. The first-order valence-corrected chi connectivity index (χ1v) is 8.45. The highest BCUT2D eigenvalue weighted by Crippen LogP contribution is 2.30. The quantitative estimate of drug-likeness (QED) is 0.716. The molecule has 1 aliphatic carbocycles. The lowest BCUT2D eigenvalue weighted by Crippen LogP contribution is -2.15. The number of nitrogens with two attached hydrogens (primary N) is 1. The van der Waals surface area contributed by atoms with Crippen molar-refractivity contribution in [3.05, 3.63) is 18.2 Å². The molecule has 3 nitrogen and oxygen atoms in total. The average Bonchev–Trinajstić information content (AvgIpc) is 2.49. The average molecular weight is 290 g/mol. The summed E-state index contributed by atoms with van der Waals surface area (Å²) in [5, 5.41) is 3.51. The van der Waals surface area contributed by atoms with E-state index >= 15 is 0 Å². The van der Waals surface area contributed by atoms with Crippen LogP contribution >= 0.6 is 0 Å². The molecule has 0 spiro atoms.